The third-order valence-electron chi connectivity index (χ3n) is 7.87. The van der Waals surface area contributed by atoms with Gasteiger partial charge in [0.1, 0.15) is 11.5 Å². The number of rotatable bonds is 14. The van der Waals surface area contributed by atoms with Gasteiger partial charge in [0.05, 0.1) is 31.0 Å². The molecule has 3 atom stereocenters. The van der Waals surface area contributed by atoms with Crippen molar-refractivity contribution in [2.45, 2.75) is 98.1 Å². The summed E-state index contributed by atoms with van der Waals surface area (Å²) in [5, 5.41) is 0. The summed E-state index contributed by atoms with van der Waals surface area (Å²) in [6.45, 7) is 8.90. The second-order valence-corrected chi connectivity index (χ2v) is 15.9. The van der Waals surface area contributed by atoms with Crippen molar-refractivity contribution in [3.63, 3.8) is 0 Å². The maximum Gasteiger partial charge on any atom is 0.181 e. The highest BCUT2D eigenvalue weighted by molar-refractivity contribution is 9.11. The Balaban J connectivity index is 1.63. The molecule has 0 bridgehead atoms. The second kappa shape index (κ2) is 14.6. The summed E-state index contributed by atoms with van der Waals surface area (Å²) in [7, 11) is 0. The van der Waals surface area contributed by atoms with E-state index in [4.69, 9.17) is 0 Å². The Bertz CT molecular complexity index is 1250. The van der Waals surface area contributed by atoms with Crippen molar-refractivity contribution < 1.29 is 8.78 Å². The van der Waals surface area contributed by atoms with Gasteiger partial charge in [0, 0.05) is 15.3 Å². The summed E-state index contributed by atoms with van der Waals surface area (Å²) in [6, 6.07) is 4.10. The number of thiophene rings is 2. The largest absolute Gasteiger partial charge is 0.308 e. The van der Waals surface area contributed by atoms with Gasteiger partial charge >= 0.3 is 0 Å². The number of unbranched alkanes of at least 4 members (excludes halogenated alkanes) is 2. The molecule has 0 fully saturated rings. The van der Waals surface area contributed by atoms with E-state index >= 15 is 8.78 Å². The van der Waals surface area contributed by atoms with Gasteiger partial charge in [-0.15, -0.1) is 22.7 Å². The highest BCUT2D eigenvalue weighted by atomic mass is 79.9. The Kier molecular flexibility index (Phi) is 11.8. The van der Waals surface area contributed by atoms with Crippen molar-refractivity contribution >= 4 is 83.5 Å². The van der Waals surface area contributed by atoms with E-state index in [0.29, 0.717) is 34.4 Å². The number of hydrogen-bond donors (Lipinski definition) is 1. The molecule has 0 saturated heterocycles. The van der Waals surface area contributed by atoms with Crippen LogP contribution in [0.4, 0.5) is 8.78 Å². The van der Waals surface area contributed by atoms with Crippen molar-refractivity contribution in [1.29, 1.82) is 0 Å². The van der Waals surface area contributed by atoms with Crippen molar-refractivity contribution in [1.82, 2.24) is 4.72 Å². The number of allylic oxidation sites excluding steroid dienone is 3. The number of nitrogens with one attached hydrogen (secondary N) is 1. The molecule has 0 amide bonds. The Morgan fingerprint density at radius 2 is 1.44 bits per heavy atom. The van der Waals surface area contributed by atoms with Crippen LogP contribution in [0.3, 0.4) is 0 Å². The van der Waals surface area contributed by atoms with E-state index < -0.39 is 12.0 Å². The van der Waals surface area contributed by atoms with Crippen LogP contribution in [0, 0.1) is 11.8 Å². The van der Waals surface area contributed by atoms with Gasteiger partial charge < -0.3 is 4.72 Å². The third kappa shape index (κ3) is 7.12. The Morgan fingerprint density at radius 1 is 0.897 bits per heavy atom. The zero-order valence-electron chi connectivity index (χ0n) is 23.1. The molecular formula is C30H38Br2F2N2S3. The topological polar surface area (TPSA) is 24.4 Å². The molecule has 2 nitrogen and oxygen atoms in total. The highest BCUT2D eigenvalue weighted by Gasteiger charge is 2.40. The first-order valence-corrected chi connectivity index (χ1v) is 18.2. The fourth-order valence-electron chi connectivity index (χ4n) is 5.39. The number of hydrogen-bond acceptors (Lipinski definition) is 5. The van der Waals surface area contributed by atoms with Gasteiger partial charge in [-0.05, 0) is 79.8 Å². The lowest BCUT2D eigenvalue weighted by Crippen LogP contribution is -2.23. The standard InChI is InChI=1S/C30H38Br2F2N2S3/c1-5-9-11-17(7-3)13-19-15-21(37-29(19)31)23-25(33)26(34)24(28-27(23)35-39-36-28)22-16-20(30(32)38-22)14-18(8-4)12-10-6-2/h15-18,25,35H,5-14H2,1-4H3. The normalized spacial score (nSPS) is 18.9. The van der Waals surface area contributed by atoms with E-state index in [-0.39, 0.29) is 0 Å². The summed E-state index contributed by atoms with van der Waals surface area (Å²) >= 11 is 11.6. The van der Waals surface area contributed by atoms with Gasteiger partial charge in [0.15, 0.2) is 6.17 Å². The predicted octanol–water partition coefficient (Wildman–Crippen LogP) is 11.9. The van der Waals surface area contributed by atoms with Crippen LogP contribution in [0.5, 0.6) is 0 Å². The highest BCUT2D eigenvalue weighted by Crippen LogP contribution is 2.48. The van der Waals surface area contributed by atoms with Gasteiger partial charge in [-0.1, -0.05) is 79.1 Å². The van der Waals surface area contributed by atoms with Crippen LogP contribution in [-0.4, -0.2) is 11.9 Å². The summed E-state index contributed by atoms with van der Waals surface area (Å²) in [5.74, 6) is 0.442. The summed E-state index contributed by atoms with van der Waals surface area (Å²) in [4.78, 5) is 1.49. The first-order chi connectivity index (χ1) is 18.8. The molecule has 39 heavy (non-hydrogen) atoms. The van der Waals surface area contributed by atoms with Crippen LogP contribution in [0.25, 0.3) is 11.1 Å². The minimum absolute atomic E-state index is 0.291. The summed E-state index contributed by atoms with van der Waals surface area (Å²) in [5.41, 5.74) is 4.11. The molecule has 0 spiro atoms. The molecule has 0 radical (unpaired) electrons. The molecule has 3 heterocycles. The van der Waals surface area contributed by atoms with Crippen LogP contribution in [0.1, 0.15) is 99.9 Å². The maximum atomic E-state index is 16.0. The Morgan fingerprint density at radius 3 is 1.97 bits per heavy atom. The first-order valence-electron chi connectivity index (χ1n) is 14.2. The zero-order chi connectivity index (χ0) is 28.1. The van der Waals surface area contributed by atoms with Crippen molar-refractivity contribution in [2.24, 2.45) is 16.2 Å². The number of halogens is 4. The zero-order valence-corrected chi connectivity index (χ0v) is 28.8. The van der Waals surface area contributed by atoms with E-state index in [1.807, 2.05) is 6.07 Å². The van der Waals surface area contributed by atoms with Crippen LogP contribution >= 0.6 is 66.7 Å². The Labute approximate surface area is 261 Å². The van der Waals surface area contributed by atoms with Crippen LogP contribution < -0.4 is 4.72 Å². The van der Waals surface area contributed by atoms with Gasteiger partial charge in [-0.2, -0.15) is 4.40 Å². The Hall–Kier alpha value is -0.480. The molecule has 0 aromatic carbocycles. The molecular weight excluding hydrogens is 682 g/mol. The van der Waals surface area contributed by atoms with E-state index in [9.17, 15) is 0 Å². The molecule has 2 aliphatic rings. The molecule has 2 aromatic heterocycles. The van der Waals surface area contributed by atoms with Gasteiger partial charge in [-0.3, -0.25) is 0 Å². The monoisotopic (exact) mass is 718 g/mol. The number of nitrogens with zero attached hydrogens (tertiary/aromatic N) is 1. The smallest absolute Gasteiger partial charge is 0.181 e. The van der Waals surface area contributed by atoms with E-state index in [1.54, 1.807) is 0 Å². The van der Waals surface area contributed by atoms with Crippen LogP contribution in [0.15, 0.2) is 35.6 Å². The van der Waals surface area contributed by atoms with Crippen molar-refractivity contribution in [3.05, 3.63) is 52.1 Å². The van der Waals surface area contributed by atoms with Gasteiger partial charge in [-0.25, -0.2) is 8.78 Å². The maximum absolute atomic E-state index is 16.0. The van der Waals surface area contributed by atoms with Crippen LogP contribution in [0.2, 0.25) is 0 Å². The summed E-state index contributed by atoms with van der Waals surface area (Å²) < 4.78 is 41.8. The number of fused-ring (bicyclic) bond motifs is 1. The van der Waals surface area contributed by atoms with Crippen molar-refractivity contribution in [2.75, 3.05) is 0 Å². The molecule has 1 aliphatic carbocycles. The molecule has 1 N–H and O–H groups in total. The average molecular weight is 721 g/mol. The third-order valence-corrected chi connectivity index (χ3v) is 12.4. The minimum atomic E-state index is -1.84. The lowest BCUT2D eigenvalue weighted by molar-refractivity contribution is 0.393. The molecule has 4 rings (SSSR count). The first kappa shape index (κ1) is 31.5. The molecule has 3 unspecified atom stereocenters. The molecule has 2 aromatic rings. The quantitative estimate of drug-likeness (QED) is 0.197. The second-order valence-electron chi connectivity index (χ2n) is 10.6. The fraction of sp³-hybridized carbons (Fsp3) is 0.567. The SMILES string of the molecule is CCCCC(CC)Cc1cc(C2=C(F)C(F)C(c3cc(CC(CC)CCCC)c(Br)s3)=C3NSN=C32)sc1Br. The van der Waals surface area contributed by atoms with Gasteiger partial charge in [0.2, 0.25) is 0 Å². The summed E-state index contributed by atoms with van der Waals surface area (Å²) in [6.07, 6.45) is 9.46. The minimum Gasteiger partial charge on any atom is -0.308 e. The van der Waals surface area contributed by atoms with Gasteiger partial charge in [0.25, 0.3) is 0 Å². The molecule has 214 valence electrons. The predicted molar refractivity (Wildman–Crippen MR) is 176 cm³/mol. The number of alkyl halides is 1. The van der Waals surface area contributed by atoms with Crippen LogP contribution in [-0.2, 0) is 12.8 Å². The van der Waals surface area contributed by atoms with E-state index in [1.165, 1.54) is 72.3 Å². The lowest BCUT2D eigenvalue weighted by atomic mass is 9.88. The average Bonchev–Trinajstić information content (AvgIpc) is 3.64. The van der Waals surface area contributed by atoms with E-state index in [0.717, 1.165) is 55.1 Å². The van der Waals surface area contributed by atoms with E-state index in [2.05, 4.69) is 74.7 Å². The molecule has 0 saturated carbocycles. The van der Waals surface area contributed by atoms with Crippen molar-refractivity contribution in [3.8, 4) is 0 Å². The fourth-order valence-corrected chi connectivity index (χ4v) is 9.56. The molecule has 1 aliphatic heterocycles. The lowest BCUT2D eigenvalue weighted by Gasteiger charge is -2.22. The molecule has 9 heteroatoms.